The normalized spacial score (nSPS) is 22.5. The third kappa shape index (κ3) is 5.17. The zero-order valence-electron chi connectivity index (χ0n) is 14.9. The predicted octanol–water partition coefficient (Wildman–Crippen LogP) is 1.60. The van der Waals surface area contributed by atoms with Crippen molar-refractivity contribution in [3.8, 4) is 0 Å². The van der Waals surface area contributed by atoms with Gasteiger partial charge in [0.1, 0.15) is 5.76 Å². The first-order valence-electron chi connectivity index (χ1n) is 8.90. The van der Waals surface area contributed by atoms with Crippen LogP contribution in [0.3, 0.4) is 0 Å². The molecule has 2 aliphatic rings. The van der Waals surface area contributed by atoms with Crippen molar-refractivity contribution in [1.82, 2.24) is 20.3 Å². The first kappa shape index (κ1) is 19.7. The Morgan fingerprint density at radius 1 is 1.29 bits per heavy atom. The molecule has 138 valence electrons. The minimum atomic E-state index is 0. The number of ether oxygens (including phenoxy) is 1. The van der Waals surface area contributed by atoms with E-state index < -0.39 is 0 Å². The second-order valence-corrected chi connectivity index (χ2v) is 6.73. The number of halogens is 1. The summed E-state index contributed by atoms with van der Waals surface area (Å²) < 4.78 is 10.8. The van der Waals surface area contributed by atoms with Gasteiger partial charge in [-0.3, -0.25) is 9.80 Å². The Kier molecular flexibility index (Phi) is 7.97. The monoisotopic (exact) mass is 358 g/mol. The van der Waals surface area contributed by atoms with Crippen molar-refractivity contribution < 1.29 is 9.26 Å². The number of hydrogen-bond acceptors (Lipinski definition) is 6. The third-order valence-electron chi connectivity index (χ3n) is 5.14. The second-order valence-electron chi connectivity index (χ2n) is 6.73. The molecule has 7 heteroatoms. The number of aromatic nitrogens is 1. The van der Waals surface area contributed by atoms with E-state index in [2.05, 4.69) is 20.3 Å². The standard InChI is InChI=1S/C17H30N4O2.ClH/c1-14-17(15(2)23-19-14)13-21(16-4-3-5-18-12-16)7-6-20-8-10-22-11-9-20;/h16,18H,3-13H2,1-2H3;1H. The lowest BCUT2D eigenvalue weighted by Gasteiger charge is -2.36. The van der Waals surface area contributed by atoms with Crippen LogP contribution < -0.4 is 5.32 Å². The number of piperidine rings is 1. The van der Waals surface area contributed by atoms with E-state index in [9.17, 15) is 0 Å². The summed E-state index contributed by atoms with van der Waals surface area (Å²) in [6, 6.07) is 0.610. The van der Waals surface area contributed by atoms with Crippen LogP contribution in [0.2, 0.25) is 0 Å². The average Bonchev–Trinajstić information content (AvgIpc) is 2.92. The van der Waals surface area contributed by atoms with Crippen molar-refractivity contribution in [1.29, 1.82) is 0 Å². The molecule has 0 bridgehead atoms. The Labute approximate surface area is 151 Å². The molecule has 1 aromatic rings. The lowest BCUT2D eigenvalue weighted by Crippen LogP contribution is -2.49. The van der Waals surface area contributed by atoms with Gasteiger partial charge in [0.2, 0.25) is 0 Å². The lowest BCUT2D eigenvalue weighted by atomic mass is 10.0. The van der Waals surface area contributed by atoms with Crippen LogP contribution in [0.1, 0.15) is 29.9 Å². The molecule has 3 heterocycles. The third-order valence-corrected chi connectivity index (χ3v) is 5.14. The number of aryl methyl sites for hydroxylation is 2. The fraction of sp³-hybridized carbons (Fsp3) is 0.824. The van der Waals surface area contributed by atoms with E-state index in [4.69, 9.17) is 9.26 Å². The fourth-order valence-electron chi connectivity index (χ4n) is 3.56. The molecule has 6 nitrogen and oxygen atoms in total. The zero-order valence-corrected chi connectivity index (χ0v) is 15.7. The molecule has 1 atom stereocenters. The molecule has 3 rings (SSSR count). The van der Waals surface area contributed by atoms with E-state index in [1.807, 2.05) is 13.8 Å². The van der Waals surface area contributed by atoms with Gasteiger partial charge in [-0.25, -0.2) is 0 Å². The summed E-state index contributed by atoms with van der Waals surface area (Å²) in [5, 5.41) is 7.67. The highest BCUT2D eigenvalue weighted by atomic mass is 35.5. The van der Waals surface area contributed by atoms with Gasteiger partial charge >= 0.3 is 0 Å². The molecule has 2 aliphatic heterocycles. The number of morpholine rings is 1. The maximum Gasteiger partial charge on any atom is 0.138 e. The molecular weight excluding hydrogens is 328 g/mol. The van der Waals surface area contributed by atoms with E-state index in [-0.39, 0.29) is 12.4 Å². The maximum absolute atomic E-state index is 5.45. The zero-order chi connectivity index (χ0) is 16.1. The van der Waals surface area contributed by atoms with Crippen LogP contribution in [0.25, 0.3) is 0 Å². The van der Waals surface area contributed by atoms with Crippen LogP contribution in [0.5, 0.6) is 0 Å². The summed E-state index contributed by atoms with van der Waals surface area (Å²) in [4.78, 5) is 5.13. The Morgan fingerprint density at radius 2 is 2.08 bits per heavy atom. The van der Waals surface area contributed by atoms with E-state index >= 15 is 0 Å². The molecule has 1 N–H and O–H groups in total. The minimum Gasteiger partial charge on any atom is -0.379 e. The Morgan fingerprint density at radius 3 is 2.71 bits per heavy atom. The van der Waals surface area contributed by atoms with E-state index in [1.165, 1.54) is 18.4 Å². The number of rotatable bonds is 6. The van der Waals surface area contributed by atoms with Crippen LogP contribution in [-0.4, -0.2) is 73.5 Å². The van der Waals surface area contributed by atoms with E-state index in [0.29, 0.717) is 6.04 Å². The van der Waals surface area contributed by atoms with Crippen molar-refractivity contribution in [3.63, 3.8) is 0 Å². The van der Waals surface area contributed by atoms with Gasteiger partial charge in [0.05, 0.1) is 18.9 Å². The lowest BCUT2D eigenvalue weighted by molar-refractivity contribution is 0.0289. The van der Waals surface area contributed by atoms with Crippen molar-refractivity contribution in [2.45, 2.75) is 39.3 Å². The summed E-state index contributed by atoms with van der Waals surface area (Å²) in [6.07, 6.45) is 2.54. The molecule has 24 heavy (non-hydrogen) atoms. The molecule has 0 saturated carbocycles. The van der Waals surface area contributed by atoms with Gasteiger partial charge in [-0.15, -0.1) is 12.4 Å². The summed E-state index contributed by atoms with van der Waals surface area (Å²) in [5.41, 5.74) is 2.29. The van der Waals surface area contributed by atoms with Gasteiger partial charge < -0.3 is 14.6 Å². The van der Waals surface area contributed by atoms with Crippen molar-refractivity contribution in [2.24, 2.45) is 0 Å². The summed E-state index contributed by atoms with van der Waals surface area (Å²) in [7, 11) is 0. The molecule has 0 amide bonds. The van der Waals surface area contributed by atoms with Crippen LogP contribution >= 0.6 is 12.4 Å². The number of nitrogens with zero attached hydrogens (tertiary/aromatic N) is 3. The van der Waals surface area contributed by atoms with Gasteiger partial charge in [0.15, 0.2) is 0 Å². The minimum absolute atomic E-state index is 0. The van der Waals surface area contributed by atoms with Gasteiger partial charge in [-0.2, -0.15) is 0 Å². The summed E-state index contributed by atoms with van der Waals surface area (Å²) in [6.45, 7) is 13.3. The highest BCUT2D eigenvalue weighted by Gasteiger charge is 2.24. The van der Waals surface area contributed by atoms with Crippen LogP contribution in [0.15, 0.2) is 4.52 Å². The van der Waals surface area contributed by atoms with Crippen LogP contribution in [0.4, 0.5) is 0 Å². The molecule has 0 spiro atoms. The quantitative estimate of drug-likeness (QED) is 0.833. The average molecular weight is 359 g/mol. The second kappa shape index (κ2) is 9.73. The molecule has 2 saturated heterocycles. The Hall–Kier alpha value is -0.660. The first-order valence-corrected chi connectivity index (χ1v) is 8.90. The highest BCUT2D eigenvalue weighted by Crippen LogP contribution is 2.19. The first-order chi connectivity index (χ1) is 11.2. The van der Waals surface area contributed by atoms with Crippen molar-refractivity contribution in [3.05, 3.63) is 17.0 Å². The van der Waals surface area contributed by atoms with Gasteiger partial charge in [-0.05, 0) is 33.2 Å². The van der Waals surface area contributed by atoms with Gasteiger partial charge in [-0.1, -0.05) is 5.16 Å². The van der Waals surface area contributed by atoms with Gasteiger partial charge in [0, 0.05) is 50.9 Å². The highest BCUT2D eigenvalue weighted by molar-refractivity contribution is 5.85. The molecular formula is C17H31ClN4O2. The predicted molar refractivity (Wildman–Crippen MR) is 96.8 cm³/mol. The Balaban J connectivity index is 0.00000208. The van der Waals surface area contributed by atoms with Crippen LogP contribution in [-0.2, 0) is 11.3 Å². The van der Waals surface area contributed by atoms with Crippen LogP contribution in [0, 0.1) is 13.8 Å². The summed E-state index contributed by atoms with van der Waals surface area (Å²) >= 11 is 0. The van der Waals surface area contributed by atoms with E-state index in [1.54, 1.807) is 0 Å². The molecule has 2 fully saturated rings. The molecule has 1 unspecified atom stereocenters. The smallest absolute Gasteiger partial charge is 0.138 e. The van der Waals surface area contributed by atoms with Crippen molar-refractivity contribution >= 4 is 12.4 Å². The largest absolute Gasteiger partial charge is 0.379 e. The molecule has 0 radical (unpaired) electrons. The summed E-state index contributed by atoms with van der Waals surface area (Å²) in [5.74, 6) is 0.961. The topological polar surface area (TPSA) is 53.8 Å². The number of hydrogen-bond donors (Lipinski definition) is 1. The fourth-order valence-corrected chi connectivity index (χ4v) is 3.56. The van der Waals surface area contributed by atoms with Gasteiger partial charge in [0.25, 0.3) is 0 Å². The Bertz CT molecular complexity index is 465. The maximum atomic E-state index is 5.45. The molecule has 1 aromatic heterocycles. The number of nitrogens with one attached hydrogen (secondary N) is 1. The molecule has 0 aromatic carbocycles. The van der Waals surface area contributed by atoms with Crippen molar-refractivity contribution in [2.75, 3.05) is 52.5 Å². The van der Waals surface area contributed by atoms with E-state index in [0.717, 1.165) is 70.5 Å². The SMILES string of the molecule is Cc1noc(C)c1CN(CCN1CCOCC1)C1CCCNC1.Cl. The molecule has 0 aliphatic carbocycles.